The third-order valence-corrected chi connectivity index (χ3v) is 6.16. The van der Waals surface area contributed by atoms with Crippen molar-refractivity contribution in [2.45, 2.75) is 32.7 Å². The molecule has 10 heteroatoms. The lowest BCUT2D eigenvalue weighted by Gasteiger charge is -2.18. The van der Waals surface area contributed by atoms with Gasteiger partial charge in [0.05, 0.1) is 0 Å². The van der Waals surface area contributed by atoms with Crippen LogP contribution in [0.4, 0.5) is 15.8 Å². The third-order valence-electron chi connectivity index (χ3n) is 4.78. The Bertz CT molecular complexity index is 830. The number of nitrogens with one attached hydrogen (secondary N) is 3. The van der Waals surface area contributed by atoms with Crippen molar-refractivity contribution in [1.82, 2.24) is 10.0 Å². The molecule has 1 aromatic carbocycles. The van der Waals surface area contributed by atoms with Crippen LogP contribution in [-0.4, -0.2) is 45.1 Å². The summed E-state index contributed by atoms with van der Waals surface area (Å²) in [5.41, 5.74) is 0.259. The molecule has 2 atom stereocenters. The Labute approximate surface area is 151 Å². The molecule has 0 aliphatic carbocycles. The fraction of sp³-hybridized carbons (Fsp3) is 0.562. The SMILES string of the molecule is CCC(C)CNC[C@H]1Cc2c(cc(O)c(N3CC(=O)NS3(=O)=O)c2F)N1. The van der Waals surface area contributed by atoms with Crippen LogP contribution in [0.3, 0.4) is 0 Å². The van der Waals surface area contributed by atoms with Crippen molar-refractivity contribution in [2.75, 3.05) is 29.3 Å². The minimum Gasteiger partial charge on any atom is -0.506 e. The summed E-state index contributed by atoms with van der Waals surface area (Å²) in [6, 6.07) is 1.24. The van der Waals surface area contributed by atoms with Crippen LogP contribution >= 0.6 is 0 Å². The van der Waals surface area contributed by atoms with Crippen LogP contribution in [0.5, 0.6) is 5.75 Å². The number of nitrogens with zero attached hydrogens (tertiary/aromatic N) is 1. The first-order chi connectivity index (χ1) is 12.2. The van der Waals surface area contributed by atoms with Gasteiger partial charge >= 0.3 is 10.2 Å². The summed E-state index contributed by atoms with van der Waals surface area (Å²) in [4.78, 5) is 11.4. The Morgan fingerprint density at radius 3 is 2.85 bits per heavy atom. The first-order valence-electron chi connectivity index (χ1n) is 8.57. The molecular formula is C16H23FN4O4S. The number of carbonyl (C=O) groups excluding carboxylic acids is 1. The molecule has 144 valence electrons. The molecule has 4 N–H and O–H groups in total. The number of benzene rings is 1. The second-order valence-electron chi connectivity index (χ2n) is 6.84. The third kappa shape index (κ3) is 3.43. The van der Waals surface area contributed by atoms with Gasteiger partial charge in [0.1, 0.15) is 18.0 Å². The number of fused-ring (bicyclic) bond motifs is 1. The summed E-state index contributed by atoms with van der Waals surface area (Å²) in [6.07, 6.45) is 1.42. The van der Waals surface area contributed by atoms with E-state index in [0.29, 0.717) is 34.4 Å². The number of halogens is 1. The van der Waals surface area contributed by atoms with Crippen molar-refractivity contribution >= 4 is 27.5 Å². The average Bonchev–Trinajstić information content (AvgIpc) is 3.07. The number of hydrogen-bond donors (Lipinski definition) is 4. The summed E-state index contributed by atoms with van der Waals surface area (Å²) < 4.78 is 41.2. The fourth-order valence-corrected chi connectivity index (χ4v) is 4.33. The summed E-state index contributed by atoms with van der Waals surface area (Å²) in [5, 5.41) is 16.6. The van der Waals surface area contributed by atoms with Gasteiger partial charge < -0.3 is 15.7 Å². The summed E-state index contributed by atoms with van der Waals surface area (Å²) >= 11 is 0. The lowest BCUT2D eigenvalue weighted by Crippen LogP contribution is -2.33. The van der Waals surface area contributed by atoms with Gasteiger partial charge in [-0.2, -0.15) is 8.42 Å². The van der Waals surface area contributed by atoms with E-state index >= 15 is 0 Å². The topological polar surface area (TPSA) is 111 Å². The number of amides is 1. The maximum Gasteiger partial charge on any atom is 0.326 e. The van der Waals surface area contributed by atoms with Crippen molar-refractivity contribution in [1.29, 1.82) is 0 Å². The van der Waals surface area contributed by atoms with Crippen molar-refractivity contribution in [3.63, 3.8) is 0 Å². The maximum absolute atomic E-state index is 15.0. The first kappa shape index (κ1) is 18.7. The van der Waals surface area contributed by atoms with Crippen LogP contribution in [-0.2, 0) is 21.4 Å². The second kappa shape index (κ2) is 6.92. The largest absolute Gasteiger partial charge is 0.506 e. The van der Waals surface area contributed by atoms with Gasteiger partial charge in [0.2, 0.25) is 0 Å². The van der Waals surface area contributed by atoms with Crippen LogP contribution < -0.4 is 19.7 Å². The number of aromatic hydroxyl groups is 1. The highest BCUT2D eigenvalue weighted by Gasteiger charge is 2.39. The smallest absolute Gasteiger partial charge is 0.326 e. The molecule has 1 unspecified atom stereocenters. The minimum absolute atomic E-state index is 0.0619. The normalized spacial score (nSPS) is 22.0. The molecule has 2 aliphatic heterocycles. The Hall–Kier alpha value is -2.07. The average molecular weight is 386 g/mol. The highest BCUT2D eigenvalue weighted by molar-refractivity contribution is 7.92. The molecule has 0 aromatic heterocycles. The van der Waals surface area contributed by atoms with Crippen molar-refractivity contribution in [2.24, 2.45) is 5.92 Å². The number of rotatable bonds is 6. The molecule has 1 amide bonds. The molecule has 8 nitrogen and oxygen atoms in total. The van der Waals surface area contributed by atoms with Crippen LogP contribution in [0.2, 0.25) is 0 Å². The Morgan fingerprint density at radius 1 is 1.50 bits per heavy atom. The van der Waals surface area contributed by atoms with Gasteiger partial charge in [-0.05, 0) is 18.9 Å². The molecule has 1 saturated heterocycles. The van der Waals surface area contributed by atoms with Gasteiger partial charge in [-0.3, -0.25) is 4.79 Å². The van der Waals surface area contributed by atoms with Crippen LogP contribution in [0, 0.1) is 11.7 Å². The van der Waals surface area contributed by atoms with E-state index in [1.807, 2.05) is 0 Å². The molecular weight excluding hydrogens is 363 g/mol. The van der Waals surface area contributed by atoms with E-state index in [1.54, 1.807) is 4.72 Å². The summed E-state index contributed by atoms with van der Waals surface area (Å²) in [6.45, 7) is 5.17. The number of hydrogen-bond acceptors (Lipinski definition) is 6. The van der Waals surface area contributed by atoms with Crippen molar-refractivity contribution in [3.05, 3.63) is 17.4 Å². The van der Waals surface area contributed by atoms with E-state index in [1.165, 1.54) is 6.07 Å². The fourth-order valence-electron chi connectivity index (χ4n) is 3.17. The van der Waals surface area contributed by atoms with Crippen LogP contribution in [0.1, 0.15) is 25.8 Å². The number of phenols is 1. The predicted octanol–water partition coefficient (Wildman–Crippen LogP) is 0.685. The zero-order valence-electron chi connectivity index (χ0n) is 14.7. The highest BCUT2D eigenvalue weighted by atomic mass is 32.2. The number of carbonyl (C=O) groups is 1. The Morgan fingerprint density at radius 2 is 2.23 bits per heavy atom. The van der Waals surface area contributed by atoms with Gasteiger partial charge in [-0.1, -0.05) is 20.3 Å². The Balaban J connectivity index is 1.80. The maximum atomic E-state index is 15.0. The standard InChI is InChI=1S/C16H23FN4O4S/c1-3-9(2)6-18-7-10-4-11-12(19-10)5-13(22)16(15(11)17)21-8-14(23)20-26(21,24)25/h5,9-10,18-19,22H,3-4,6-8H2,1-2H3,(H,20,23)/t9?,10-/m1/s1. The molecule has 3 rings (SSSR count). The Kier molecular flexibility index (Phi) is 4.98. The molecule has 1 fully saturated rings. The van der Waals surface area contributed by atoms with Gasteiger partial charge in [0.25, 0.3) is 5.91 Å². The van der Waals surface area contributed by atoms with E-state index < -0.39 is 39.9 Å². The molecule has 0 saturated carbocycles. The second-order valence-corrected chi connectivity index (χ2v) is 8.43. The van der Waals surface area contributed by atoms with Crippen LogP contribution in [0.15, 0.2) is 6.07 Å². The van der Waals surface area contributed by atoms with Gasteiger partial charge in [-0.15, -0.1) is 0 Å². The zero-order valence-corrected chi connectivity index (χ0v) is 15.5. The van der Waals surface area contributed by atoms with Crippen molar-refractivity contribution in [3.8, 4) is 5.75 Å². The monoisotopic (exact) mass is 386 g/mol. The van der Waals surface area contributed by atoms with E-state index in [9.17, 15) is 22.7 Å². The first-order valence-corrected chi connectivity index (χ1v) is 10.0. The van der Waals surface area contributed by atoms with E-state index in [4.69, 9.17) is 0 Å². The lowest BCUT2D eigenvalue weighted by molar-refractivity contribution is -0.117. The van der Waals surface area contributed by atoms with Gasteiger partial charge in [0, 0.05) is 29.9 Å². The predicted molar refractivity (Wildman–Crippen MR) is 95.9 cm³/mol. The molecule has 1 aromatic rings. The van der Waals surface area contributed by atoms with E-state index in [0.717, 1.165) is 13.0 Å². The molecule has 2 aliphatic rings. The molecule has 2 heterocycles. The van der Waals surface area contributed by atoms with E-state index in [-0.39, 0.29) is 6.04 Å². The highest BCUT2D eigenvalue weighted by Crippen LogP contribution is 2.41. The van der Waals surface area contributed by atoms with E-state index in [2.05, 4.69) is 24.5 Å². The molecule has 0 bridgehead atoms. The van der Waals surface area contributed by atoms with Crippen molar-refractivity contribution < 1.29 is 22.7 Å². The lowest BCUT2D eigenvalue weighted by atomic mass is 10.1. The van der Waals surface area contributed by atoms with Gasteiger partial charge in [-0.25, -0.2) is 13.4 Å². The number of phenolic OH excluding ortho intramolecular Hbond substituents is 1. The molecule has 0 radical (unpaired) electrons. The molecule has 0 spiro atoms. The summed E-state index contributed by atoms with van der Waals surface area (Å²) in [5.74, 6) is -1.58. The summed E-state index contributed by atoms with van der Waals surface area (Å²) in [7, 11) is -4.19. The van der Waals surface area contributed by atoms with Gasteiger partial charge in [0.15, 0.2) is 5.82 Å². The van der Waals surface area contributed by atoms with Crippen LogP contribution in [0.25, 0.3) is 0 Å². The zero-order chi connectivity index (χ0) is 19.1. The number of anilines is 2. The minimum atomic E-state index is -4.19. The quantitative estimate of drug-likeness (QED) is 0.572. The molecule has 26 heavy (non-hydrogen) atoms.